The maximum atomic E-state index is 10.4. The second kappa shape index (κ2) is 10.00. The maximum Gasteiger partial charge on any atom is 0.320 e. The minimum absolute atomic E-state index is 0.114. The minimum atomic E-state index is -1.10. The molecule has 0 saturated carbocycles. The molecule has 152 valence electrons. The molecule has 0 aliphatic carbocycles. The zero-order valence-electron chi connectivity index (χ0n) is 14.7. The van der Waals surface area contributed by atoms with E-state index in [-0.39, 0.29) is 35.8 Å². The summed E-state index contributed by atoms with van der Waals surface area (Å²) in [6.07, 6.45) is 0.229. The van der Waals surface area contributed by atoms with Crippen molar-refractivity contribution in [1.29, 1.82) is 0 Å². The SMILES string of the molecule is NC(Cc1ccc(O)c(O)c1)C(=O)O.NC(Cc1ccc(O)c(O)c1)C(=O)O. The quantitative estimate of drug-likeness (QED) is 0.310. The Morgan fingerprint density at radius 1 is 0.679 bits per heavy atom. The molecule has 2 unspecified atom stereocenters. The monoisotopic (exact) mass is 394 g/mol. The summed E-state index contributed by atoms with van der Waals surface area (Å²) in [5.74, 6) is -3.23. The number of carbonyl (C=O) groups is 2. The van der Waals surface area contributed by atoms with E-state index < -0.39 is 24.0 Å². The molecule has 10 heteroatoms. The van der Waals surface area contributed by atoms with Gasteiger partial charge in [0.15, 0.2) is 23.0 Å². The van der Waals surface area contributed by atoms with Crippen LogP contribution in [0.1, 0.15) is 11.1 Å². The third-order valence-corrected chi connectivity index (χ3v) is 3.63. The Morgan fingerprint density at radius 2 is 1.00 bits per heavy atom. The number of aliphatic carboxylic acids is 2. The van der Waals surface area contributed by atoms with Gasteiger partial charge in [-0.3, -0.25) is 9.59 Å². The molecule has 0 aromatic heterocycles. The van der Waals surface area contributed by atoms with Crippen LogP contribution < -0.4 is 11.5 Å². The van der Waals surface area contributed by atoms with Crippen LogP contribution in [0.15, 0.2) is 36.4 Å². The molecule has 10 nitrogen and oxygen atoms in total. The number of benzene rings is 2. The average molecular weight is 394 g/mol. The first-order valence-electron chi connectivity index (χ1n) is 7.99. The van der Waals surface area contributed by atoms with Crippen molar-refractivity contribution in [1.82, 2.24) is 0 Å². The van der Waals surface area contributed by atoms with E-state index in [1.807, 2.05) is 0 Å². The molecule has 0 spiro atoms. The molecule has 2 rings (SSSR count). The van der Waals surface area contributed by atoms with Crippen molar-refractivity contribution in [3.05, 3.63) is 47.5 Å². The number of carboxylic acid groups (broad SMARTS) is 2. The topological polar surface area (TPSA) is 208 Å². The first-order chi connectivity index (χ1) is 13.0. The summed E-state index contributed by atoms with van der Waals surface area (Å²) in [6, 6.07) is 6.18. The van der Waals surface area contributed by atoms with Crippen molar-refractivity contribution in [2.75, 3.05) is 0 Å². The molecule has 0 heterocycles. The van der Waals surface area contributed by atoms with E-state index >= 15 is 0 Å². The summed E-state index contributed by atoms with van der Waals surface area (Å²) in [4.78, 5) is 20.8. The first-order valence-corrected chi connectivity index (χ1v) is 7.99. The number of aromatic hydroxyl groups is 4. The molecule has 0 saturated heterocycles. The van der Waals surface area contributed by atoms with Gasteiger partial charge in [0.25, 0.3) is 0 Å². The number of hydrogen-bond donors (Lipinski definition) is 8. The van der Waals surface area contributed by atoms with Crippen LogP contribution in [0, 0.1) is 0 Å². The highest BCUT2D eigenvalue weighted by Gasteiger charge is 2.13. The molecular formula is C18H22N2O8. The molecular weight excluding hydrogens is 372 g/mol. The van der Waals surface area contributed by atoms with E-state index in [0.717, 1.165) is 0 Å². The fraction of sp³-hybridized carbons (Fsp3) is 0.222. The van der Waals surface area contributed by atoms with Crippen molar-refractivity contribution < 1.29 is 40.2 Å². The molecule has 0 aliphatic heterocycles. The van der Waals surface area contributed by atoms with Crippen LogP contribution in [-0.2, 0) is 22.4 Å². The molecule has 28 heavy (non-hydrogen) atoms. The Balaban J connectivity index is 0.000000280. The van der Waals surface area contributed by atoms with Crippen LogP contribution in [0.2, 0.25) is 0 Å². The molecule has 2 aromatic rings. The zero-order valence-corrected chi connectivity index (χ0v) is 14.7. The molecule has 0 aliphatic rings. The van der Waals surface area contributed by atoms with E-state index in [2.05, 4.69) is 0 Å². The van der Waals surface area contributed by atoms with Gasteiger partial charge in [-0.15, -0.1) is 0 Å². The molecule has 0 radical (unpaired) electrons. The van der Waals surface area contributed by atoms with Gasteiger partial charge in [-0.25, -0.2) is 0 Å². The van der Waals surface area contributed by atoms with Crippen molar-refractivity contribution in [3.63, 3.8) is 0 Å². The fourth-order valence-electron chi connectivity index (χ4n) is 2.07. The minimum Gasteiger partial charge on any atom is -0.504 e. The molecule has 2 atom stereocenters. The standard InChI is InChI=1S/2C9H11NO4/c2*10-6(9(13)14)3-5-1-2-7(11)8(12)4-5/h2*1-2,4,6,11-12H,3,10H2,(H,13,14). The van der Waals surface area contributed by atoms with Crippen molar-refractivity contribution in [2.24, 2.45) is 11.5 Å². The summed E-state index contributed by atoms with van der Waals surface area (Å²) in [5, 5.41) is 53.3. The zero-order chi connectivity index (χ0) is 21.4. The molecule has 2 aromatic carbocycles. The first kappa shape index (κ1) is 22.5. The lowest BCUT2D eigenvalue weighted by atomic mass is 10.1. The number of hydrogen-bond acceptors (Lipinski definition) is 8. The van der Waals surface area contributed by atoms with Crippen LogP contribution in [0.5, 0.6) is 23.0 Å². The van der Waals surface area contributed by atoms with E-state index in [1.54, 1.807) is 0 Å². The predicted molar refractivity (Wildman–Crippen MR) is 98.2 cm³/mol. The van der Waals surface area contributed by atoms with Gasteiger partial charge in [0, 0.05) is 0 Å². The van der Waals surface area contributed by atoms with E-state index in [9.17, 15) is 9.59 Å². The Bertz CT molecular complexity index is 771. The summed E-state index contributed by atoms with van der Waals surface area (Å²) in [6.45, 7) is 0. The van der Waals surface area contributed by atoms with Gasteiger partial charge in [-0.05, 0) is 48.2 Å². The van der Waals surface area contributed by atoms with Gasteiger partial charge in [0.1, 0.15) is 12.1 Å². The molecule has 0 bridgehead atoms. The number of carboxylic acids is 2. The van der Waals surface area contributed by atoms with Gasteiger partial charge in [-0.1, -0.05) is 12.1 Å². The van der Waals surface area contributed by atoms with Gasteiger partial charge in [0.2, 0.25) is 0 Å². The molecule has 0 fully saturated rings. The normalized spacial score (nSPS) is 12.4. The predicted octanol–water partition coefficient (Wildman–Crippen LogP) is 0.104. The van der Waals surface area contributed by atoms with Gasteiger partial charge < -0.3 is 42.1 Å². The number of rotatable bonds is 6. The third-order valence-electron chi connectivity index (χ3n) is 3.63. The van der Waals surface area contributed by atoms with E-state index in [0.29, 0.717) is 11.1 Å². The average Bonchev–Trinajstić information content (AvgIpc) is 2.61. The lowest BCUT2D eigenvalue weighted by molar-refractivity contribution is -0.139. The summed E-state index contributed by atoms with van der Waals surface area (Å²) < 4.78 is 0. The Kier molecular flexibility index (Phi) is 8.05. The Morgan fingerprint density at radius 3 is 1.25 bits per heavy atom. The number of phenolic OH excluding ortho intramolecular Hbond substituents is 4. The van der Waals surface area contributed by atoms with Crippen molar-refractivity contribution in [3.8, 4) is 23.0 Å². The summed E-state index contributed by atoms with van der Waals surface area (Å²) >= 11 is 0. The fourth-order valence-corrected chi connectivity index (χ4v) is 2.07. The largest absolute Gasteiger partial charge is 0.504 e. The van der Waals surface area contributed by atoms with Crippen LogP contribution in [0.25, 0.3) is 0 Å². The lowest BCUT2D eigenvalue weighted by Gasteiger charge is -2.06. The summed E-state index contributed by atoms with van der Waals surface area (Å²) in [7, 11) is 0. The van der Waals surface area contributed by atoms with Gasteiger partial charge in [-0.2, -0.15) is 0 Å². The molecule has 10 N–H and O–H groups in total. The van der Waals surface area contributed by atoms with Crippen LogP contribution in [0.4, 0.5) is 0 Å². The van der Waals surface area contributed by atoms with Crippen LogP contribution >= 0.6 is 0 Å². The lowest BCUT2D eigenvalue weighted by Crippen LogP contribution is -2.32. The van der Waals surface area contributed by atoms with E-state index in [4.69, 9.17) is 42.1 Å². The highest BCUT2D eigenvalue weighted by molar-refractivity contribution is 5.74. The smallest absolute Gasteiger partial charge is 0.320 e. The number of phenols is 4. The van der Waals surface area contributed by atoms with Gasteiger partial charge >= 0.3 is 11.9 Å². The number of nitrogens with two attached hydrogens (primary N) is 2. The Labute approximate surface area is 159 Å². The van der Waals surface area contributed by atoms with Crippen molar-refractivity contribution in [2.45, 2.75) is 24.9 Å². The van der Waals surface area contributed by atoms with Crippen molar-refractivity contribution >= 4 is 11.9 Å². The van der Waals surface area contributed by atoms with E-state index in [1.165, 1.54) is 36.4 Å². The van der Waals surface area contributed by atoms with Crippen LogP contribution in [0.3, 0.4) is 0 Å². The van der Waals surface area contributed by atoms with Gasteiger partial charge in [0.05, 0.1) is 0 Å². The summed E-state index contributed by atoms with van der Waals surface area (Å²) in [5.41, 5.74) is 11.7. The van der Waals surface area contributed by atoms with Crippen LogP contribution in [-0.4, -0.2) is 54.7 Å². The Hall–Kier alpha value is -3.50. The highest BCUT2D eigenvalue weighted by Crippen LogP contribution is 2.26. The second-order valence-corrected chi connectivity index (χ2v) is 5.94. The second-order valence-electron chi connectivity index (χ2n) is 5.94. The maximum absolute atomic E-state index is 10.4. The molecule has 0 amide bonds. The highest BCUT2D eigenvalue weighted by atomic mass is 16.4. The third kappa shape index (κ3) is 7.02.